The van der Waals surface area contributed by atoms with E-state index in [2.05, 4.69) is 11.2 Å². The van der Waals surface area contributed by atoms with Crippen LogP contribution in [0.5, 0.6) is 11.5 Å². The van der Waals surface area contributed by atoms with Crippen LogP contribution in [0.3, 0.4) is 0 Å². The number of phenolic OH excluding ortho intramolecular Hbond substituents is 2. The molecule has 0 heterocycles. The van der Waals surface area contributed by atoms with Crippen LogP contribution in [0.2, 0.25) is 0 Å². The molecule has 0 aliphatic rings. The summed E-state index contributed by atoms with van der Waals surface area (Å²) in [4.78, 5) is 0. The summed E-state index contributed by atoms with van der Waals surface area (Å²) in [5.74, 6) is 2.73. The Morgan fingerprint density at radius 2 is 1.81 bits per heavy atom. The van der Waals surface area contributed by atoms with Crippen LogP contribution >= 0.6 is 0 Å². The predicted molar refractivity (Wildman–Crippen MR) is 64.2 cm³/mol. The fraction of sp³-hybridized carbons (Fsp3) is 0.385. The first kappa shape index (κ1) is 12.4. The maximum absolute atomic E-state index is 9.68. The van der Waals surface area contributed by atoms with Crippen molar-refractivity contribution in [3.63, 3.8) is 0 Å². The fourth-order valence-corrected chi connectivity index (χ4v) is 1.64. The molecule has 0 saturated carbocycles. The van der Waals surface area contributed by atoms with E-state index in [1.165, 1.54) is 12.1 Å². The minimum absolute atomic E-state index is 0.0628. The topological polar surface area (TPSA) is 52.5 Å². The van der Waals surface area contributed by atoms with E-state index in [0.29, 0.717) is 5.56 Å². The summed E-state index contributed by atoms with van der Waals surface area (Å²) in [5.41, 5.74) is -0.0282. The van der Waals surface area contributed by atoms with Gasteiger partial charge in [0.15, 0.2) is 0 Å². The normalized spacial score (nSPS) is 13.1. The van der Waals surface area contributed by atoms with E-state index >= 15 is 0 Å². The number of nitrogens with one attached hydrogen (secondary N) is 1. The van der Waals surface area contributed by atoms with E-state index in [4.69, 9.17) is 6.42 Å². The zero-order chi connectivity index (χ0) is 12.3. The van der Waals surface area contributed by atoms with Gasteiger partial charge in [0.1, 0.15) is 11.5 Å². The Bertz CT molecular complexity index is 398. The summed E-state index contributed by atoms with van der Waals surface area (Å²) >= 11 is 0. The third kappa shape index (κ3) is 2.68. The van der Waals surface area contributed by atoms with Gasteiger partial charge in [-0.05, 0) is 32.9 Å². The maximum Gasteiger partial charge on any atom is 0.124 e. The van der Waals surface area contributed by atoms with Crippen LogP contribution < -0.4 is 5.32 Å². The average molecular weight is 219 g/mol. The lowest BCUT2D eigenvalue weighted by atomic mass is 10.0. The van der Waals surface area contributed by atoms with Crippen LogP contribution in [0.4, 0.5) is 0 Å². The summed E-state index contributed by atoms with van der Waals surface area (Å²) in [6, 6.07) is 4.44. The molecule has 0 saturated heterocycles. The molecule has 0 aliphatic carbocycles. The van der Waals surface area contributed by atoms with E-state index in [9.17, 15) is 10.2 Å². The first-order valence-corrected chi connectivity index (χ1v) is 5.13. The molecule has 3 nitrogen and oxygen atoms in total. The molecule has 0 radical (unpaired) electrons. The second kappa shape index (κ2) is 4.46. The van der Waals surface area contributed by atoms with Crippen LogP contribution in [-0.4, -0.2) is 15.8 Å². The number of benzene rings is 1. The summed E-state index contributed by atoms with van der Waals surface area (Å²) < 4.78 is 0. The second-order valence-electron chi connectivity index (χ2n) is 4.35. The number of phenols is 2. The van der Waals surface area contributed by atoms with Gasteiger partial charge in [-0.1, -0.05) is 12.0 Å². The number of terminal acetylenes is 1. The monoisotopic (exact) mass is 219 g/mol. The molecule has 0 fully saturated rings. The maximum atomic E-state index is 9.68. The third-order valence-electron chi connectivity index (χ3n) is 2.43. The van der Waals surface area contributed by atoms with E-state index in [0.717, 1.165) is 0 Å². The molecule has 86 valence electrons. The van der Waals surface area contributed by atoms with Gasteiger partial charge in [-0.15, -0.1) is 6.42 Å². The minimum Gasteiger partial charge on any atom is -0.507 e. The highest BCUT2D eigenvalue weighted by Crippen LogP contribution is 2.32. The summed E-state index contributed by atoms with van der Waals surface area (Å²) in [5, 5.41) is 22.5. The molecule has 1 unspecified atom stereocenters. The average Bonchev–Trinajstić information content (AvgIpc) is 2.16. The van der Waals surface area contributed by atoms with Crippen molar-refractivity contribution in [3.8, 4) is 23.8 Å². The zero-order valence-electron chi connectivity index (χ0n) is 9.78. The number of hydrogen-bond acceptors (Lipinski definition) is 3. The van der Waals surface area contributed by atoms with Crippen molar-refractivity contribution in [2.45, 2.75) is 32.4 Å². The summed E-state index contributed by atoms with van der Waals surface area (Å²) in [7, 11) is 0. The second-order valence-corrected chi connectivity index (χ2v) is 4.35. The highest BCUT2D eigenvalue weighted by Gasteiger charge is 2.21. The SMILES string of the molecule is C#CC(C)(C)NC(C)c1c(O)cccc1O. The Labute approximate surface area is 96.1 Å². The third-order valence-corrected chi connectivity index (χ3v) is 2.43. The van der Waals surface area contributed by atoms with Gasteiger partial charge in [-0.25, -0.2) is 0 Å². The largest absolute Gasteiger partial charge is 0.507 e. The molecular formula is C13H17NO2. The van der Waals surface area contributed by atoms with E-state index < -0.39 is 5.54 Å². The number of rotatable bonds is 3. The minimum atomic E-state index is -0.492. The molecule has 0 amide bonds. The van der Waals surface area contributed by atoms with Gasteiger partial charge in [0.05, 0.1) is 11.1 Å². The van der Waals surface area contributed by atoms with Gasteiger partial charge in [0.25, 0.3) is 0 Å². The van der Waals surface area contributed by atoms with E-state index in [-0.39, 0.29) is 17.5 Å². The van der Waals surface area contributed by atoms with E-state index in [1.807, 2.05) is 20.8 Å². The van der Waals surface area contributed by atoms with Gasteiger partial charge in [0.2, 0.25) is 0 Å². The molecule has 1 atom stereocenters. The van der Waals surface area contributed by atoms with Gasteiger partial charge in [-0.2, -0.15) is 0 Å². The van der Waals surface area contributed by atoms with Gasteiger partial charge in [-0.3, -0.25) is 5.32 Å². The van der Waals surface area contributed by atoms with Crippen molar-refractivity contribution in [1.82, 2.24) is 5.32 Å². The summed E-state index contributed by atoms with van der Waals surface area (Å²) in [6.45, 7) is 5.56. The van der Waals surface area contributed by atoms with Crippen LogP contribution in [0.15, 0.2) is 18.2 Å². The predicted octanol–water partition coefficient (Wildman–Crippen LogP) is 2.16. The Balaban J connectivity index is 2.98. The smallest absolute Gasteiger partial charge is 0.124 e. The molecule has 1 rings (SSSR count). The molecule has 3 N–H and O–H groups in total. The lowest BCUT2D eigenvalue weighted by molar-refractivity contribution is 0.387. The molecule has 3 heteroatoms. The van der Waals surface area contributed by atoms with Crippen molar-refractivity contribution < 1.29 is 10.2 Å². The molecular weight excluding hydrogens is 202 g/mol. The van der Waals surface area contributed by atoms with Crippen molar-refractivity contribution in [1.29, 1.82) is 0 Å². The number of aromatic hydroxyl groups is 2. The molecule has 1 aromatic carbocycles. The Morgan fingerprint density at radius 1 is 1.31 bits per heavy atom. The Hall–Kier alpha value is -1.66. The first-order chi connectivity index (χ1) is 7.37. The fourth-order valence-electron chi connectivity index (χ4n) is 1.64. The molecule has 16 heavy (non-hydrogen) atoms. The van der Waals surface area contributed by atoms with Crippen molar-refractivity contribution in [2.75, 3.05) is 0 Å². The Morgan fingerprint density at radius 3 is 2.25 bits per heavy atom. The zero-order valence-corrected chi connectivity index (χ0v) is 9.78. The standard InChI is InChI=1S/C13H17NO2/c1-5-13(3,4)14-9(2)12-10(15)7-6-8-11(12)16/h1,6-9,14-16H,2-4H3. The van der Waals surface area contributed by atoms with Crippen LogP contribution in [0, 0.1) is 12.3 Å². The van der Waals surface area contributed by atoms with Gasteiger partial charge < -0.3 is 10.2 Å². The van der Waals surface area contributed by atoms with Crippen molar-refractivity contribution in [2.24, 2.45) is 0 Å². The molecule has 0 bridgehead atoms. The molecule has 0 spiro atoms. The Kier molecular flexibility index (Phi) is 3.46. The van der Waals surface area contributed by atoms with E-state index in [1.54, 1.807) is 6.07 Å². The molecule has 0 aliphatic heterocycles. The van der Waals surface area contributed by atoms with Crippen molar-refractivity contribution >= 4 is 0 Å². The lowest BCUT2D eigenvalue weighted by Gasteiger charge is -2.26. The van der Waals surface area contributed by atoms with Crippen LogP contribution in [-0.2, 0) is 0 Å². The number of hydrogen-bond donors (Lipinski definition) is 3. The highest BCUT2D eigenvalue weighted by atomic mass is 16.3. The van der Waals surface area contributed by atoms with Crippen LogP contribution in [0.1, 0.15) is 32.4 Å². The van der Waals surface area contributed by atoms with Gasteiger partial charge >= 0.3 is 0 Å². The lowest BCUT2D eigenvalue weighted by Crippen LogP contribution is -2.39. The van der Waals surface area contributed by atoms with Crippen molar-refractivity contribution in [3.05, 3.63) is 23.8 Å². The quantitative estimate of drug-likeness (QED) is 0.683. The van der Waals surface area contributed by atoms with Crippen LogP contribution in [0.25, 0.3) is 0 Å². The molecule has 1 aromatic rings. The first-order valence-electron chi connectivity index (χ1n) is 5.13. The summed E-state index contributed by atoms with van der Waals surface area (Å²) in [6.07, 6.45) is 5.37. The van der Waals surface area contributed by atoms with Gasteiger partial charge in [0, 0.05) is 6.04 Å². The molecule has 0 aromatic heterocycles. The highest BCUT2D eigenvalue weighted by molar-refractivity contribution is 5.45.